The molecule has 2 heteroatoms. The van der Waals surface area contributed by atoms with E-state index in [1.807, 2.05) is 0 Å². The van der Waals surface area contributed by atoms with Gasteiger partial charge in [0.25, 0.3) is 0 Å². The first-order chi connectivity index (χ1) is 8.81. The summed E-state index contributed by atoms with van der Waals surface area (Å²) in [7, 11) is 0. The number of nitrogens with zero attached hydrogens (tertiary/aromatic N) is 1. The van der Waals surface area contributed by atoms with Crippen LogP contribution in [0, 0.1) is 20.3 Å². The van der Waals surface area contributed by atoms with Gasteiger partial charge in [0.1, 0.15) is 0 Å². The van der Waals surface area contributed by atoms with Crippen molar-refractivity contribution in [3.63, 3.8) is 0 Å². The molecule has 0 aromatic carbocycles. The number of hydrogen-bond donors (Lipinski definition) is 0. The molecule has 0 amide bonds. The molecule has 2 fully saturated rings. The topological polar surface area (TPSA) is 12.4 Å². The van der Waals surface area contributed by atoms with Crippen LogP contribution in [0.25, 0.3) is 0 Å². The van der Waals surface area contributed by atoms with Gasteiger partial charge < -0.3 is 20.3 Å². The fraction of sp³-hybridized carbons (Fsp3) is 0.824. The van der Waals surface area contributed by atoms with E-state index >= 15 is 0 Å². The molecule has 0 saturated heterocycles. The largest absolute Gasteiger partial charge is 0.358 e. The monoisotopic (exact) mass is 345 g/mol. The molecule has 0 aromatic rings. The third-order valence-electron chi connectivity index (χ3n) is 3.42. The van der Waals surface area contributed by atoms with Crippen LogP contribution >= 0.6 is 0 Å². The van der Waals surface area contributed by atoms with Crippen molar-refractivity contribution in [2.45, 2.75) is 90.5 Å². The molecule has 2 rings (SSSR count). The molecule has 19 heavy (non-hydrogen) atoms. The maximum absolute atomic E-state index is 4.06. The van der Waals surface area contributed by atoms with Gasteiger partial charge in [0, 0.05) is 0 Å². The summed E-state index contributed by atoms with van der Waals surface area (Å²) in [6.07, 6.45) is 20.2. The van der Waals surface area contributed by atoms with Crippen molar-refractivity contribution in [1.82, 2.24) is 0 Å². The molecule has 0 spiro atoms. The van der Waals surface area contributed by atoms with E-state index in [0.29, 0.717) is 6.04 Å². The van der Waals surface area contributed by atoms with Gasteiger partial charge in [-0.3, -0.25) is 0 Å². The molecule has 2 aliphatic rings. The summed E-state index contributed by atoms with van der Waals surface area (Å²) in [4.78, 5) is 0. The Hall–Kier alpha value is 0.540. The van der Waals surface area contributed by atoms with E-state index in [1.165, 1.54) is 70.6 Å². The van der Waals surface area contributed by atoms with Crippen molar-refractivity contribution in [1.29, 1.82) is 0 Å². The summed E-state index contributed by atoms with van der Waals surface area (Å²) in [6.45, 7) is 4.27. The molecular weight excluding hydrogens is 311 g/mol. The van der Waals surface area contributed by atoms with Crippen molar-refractivity contribution < 1.29 is 20.9 Å². The Bertz CT molecular complexity index is 128. The van der Waals surface area contributed by atoms with E-state index in [4.69, 9.17) is 0 Å². The van der Waals surface area contributed by atoms with E-state index < -0.39 is 0 Å². The second-order valence-corrected chi connectivity index (χ2v) is 5.79. The maximum atomic E-state index is 4.06. The second kappa shape index (κ2) is 18.5. The molecule has 2 saturated carbocycles. The molecule has 0 N–H and O–H groups in total. The first-order valence-electron chi connectivity index (χ1n) is 7.78. The minimum absolute atomic E-state index is 0. The smallest absolute Gasteiger partial charge is 0.0582 e. The zero-order valence-corrected chi connectivity index (χ0v) is 15.6. The zero-order valence-electron chi connectivity index (χ0n) is 13.4. The molecule has 115 valence electrons. The Balaban J connectivity index is 0. The van der Waals surface area contributed by atoms with Crippen molar-refractivity contribution in [3.8, 4) is 0 Å². The minimum atomic E-state index is 0. The van der Waals surface area contributed by atoms with Crippen LogP contribution in [0.3, 0.4) is 0 Å². The Kier molecular flexibility index (Phi) is 21.3. The van der Waals surface area contributed by atoms with Crippen molar-refractivity contribution in [3.05, 3.63) is 20.3 Å². The Morgan fingerprint density at radius 1 is 0.895 bits per heavy atom. The van der Waals surface area contributed by atoms with Crippen LogP contribution < -0.4 is 0 Å². The van der Waals surface area contributed by atoms with Crippen LogP contribution in [-0.4, -0.2) is 6.04 Å². The summed E-state index contributed by atoms with van der Waals surface area (Å²) < 4.78 is 4.06. The Labute approximate surface area is 135 Å². The van der Waals surface area contributed by atoms with Gasteiger partial charge in [-0.15, -0.1) is 0 Å². The first kappa shape index (κ1) is 21.8. The molecule has 1 nitrogen and oxygen atoms in total. The zero-order chi connectivity index (χ0) is 13.5. The van der Waals surface area contributed by atoms with Crippen molar-refractivity contribution >= 4 is 0 Å². The van der Waals surface area contributed by atoms with Crippen LogP contribution in [-0.2, 0) is 20.9 Å². The summed E-state index contributed by atoms with van der Waals surface area (Å²) in [5.74, 6) is 0. The normalized spacial score (nSPS) is 19.4. The van der Waals surface area contributed by atoms with Gasteiger partial charge in [0.05, 0.1) is 0 Å². The molecule has 0 radical (unpaired) electrons. The van der Waals surface area contributed by atoms with E-state index in [2.05, 4.69) is 30.0 Å². The molecule has 1 atom stereocenters. The molecule has 1 unspecified atom stereocenters. The molecular formula is C17H34NNb-3. The molecule has 0 aliphatic heterocycles. The van der Waals surface area contributed by atoms with E-state index in [1.54, 1.807) is 20.9 Å². The third kappa shape index (κ3) is 18.5. The predicted molar refractivity (Wildman–Crippen MR) is 83.4 cm³/mol. The van der Waals surface area contributed by atoms with Crippen LogP contribution in [0.15, 0.2) is 3.34 Å². The van der Waals surface area contributed by atoms with Crippen LogP contribution in [0.5, 0.6) is 0 Å². The average molecular weight is 345 g/mol. The average Bonchev–Trinajstić information content (AvgIpc) is 2.51. The number of rotatable bonds is 2. The SMILES string of the molecule is CCC(C)[N]=[Nb].[CH-]1CCCCC1.[CH-]1CCCCC1.[CH3-]. The summed E-state index contributed by atoms with van der Waals surface area (Å²) in [5, 5.41) is 0. The van der Waals surface area contributed by atoms with Crippen LogP contribution in [0.2, 0.25) is 0 Å². The van der Waals surface area contributed by atoms with Crippen molar-refractivity contribution in [2.75, 3.05) is 0 Å². The van der Waals surface area contributed by atoms with Gasteiger partial charge in [0.15, 0.2) is 0 Å². The summed E-state index contributed by atoms with van der Waals surface area (Å²) in [5.41, 5.74) is 0. The maximum Gasteiger partial charge on any atom is -0.0582 e. The van der Waals surface area contributed by atoms with Gasteiger partial charge in [-0.25, -0.2) is 0 Å². The molecule has 0 heterocycles. The fourth-order valence-electron chi connectivity index (χ4n) is 1.88. The van der Waals surface area contributed by atoms with Crippen LogP contribution in [0.4, 0.5) is 0 Å². The van der Waals surface area contributed by atoms with Gasteiger partial charge in [-0.1, -0.05) is 38.5 Å². The Morgan fingerprint density at radius 3 is 1.32 bits per heavy atom. The summed E-state index contributed by atoms with van der Waals surface area (Å²) in [6, 6.07) is 0.582. The standard InChI is InChI=1S/2C6H11.C4H9N.CH3.Nb/c2*1-2-4-6-5-3-1;1-3-4(2)5;;/h2*1H,2-6H2;4H,3H2,1-2H3;1H3;/q2*-1;;-1;. The van der Waals surface area contributed by atoms with E-state index in [0.717, 1.165) is 0 Å². The van der Waals surface area contributed by atoms with Gasteiger partial charge in [-0.2, -0.15) is 25.7 Å². The molecule has 0 bridgehead atoms. The third-order valence-corrected chi connectivity index (χ3v) is 4.39. The quantitative estimate of drug-likeness (QED) is 0.413. The van der Waals surface area contributed by atoms with E-state index in [9.17, 15) is 0 Å². The fourth-order valence-corrected chi connectivity index (χ4v) is 2.28. The molecule has 2 aliphatic carbocycles. The Morgan fingerprint density at radius 2 is 1.26 bits per heavy atom. The van der Waals surface area contributed by atoms with Gasteiger partial charge in [0.2, 0.25) is 0 Å². The molecule has 0 aromatic heterocycles. The van der Waals surface area contributed by atoms with E-state index in [-0.39, 0.29) is 7.43 Å². The minimum Gasteiger partial charge on any atom is -0.358 e. The predicted octanol–water partition coefficient (Wildman–Crippen LogP) is 6.28. The summed E-state index contributed by atoms with van der Waals surface area (Å²) >= 11 is 1.55. The van der Waals surface area contributed by atoms with Crippen molar-refractivity contribution in [2.24, 2.45) is 3.34 Å². The second-order valence-electron chi connectivity index (χ2n) is 5.23. The number of hydrogen-bond acceptors (Lipinski definition) is 1. The van der Waals surface area contributed by atoms with Gasteiger partial charge >= 0.3 is 50.5 Å². The van der Waals surface area contributed by atoms with Crippen LogP contribution in [0.1, 0.15) is 84.5 Å². The first-order valence-corrected chi connectivity index (χ1v) is 8.77. The van der Waals surface area contributed by atoms with Gasteiger partial charge in [-0.05, 0) is 0 Å².